The van der Waals surface area contributed by atoms with Gasteiger partial charge in [0.15, 0.2) is 6.29 Å². The van der Waals surface area contributed by atoms with Crippen LogP contribution in [0.3, 0.4) is 0 Å². The van der Waals surface area contributed by atoms with E-state index < -0.39 is 24.6 Å². The molecule has 11 heteroatoms. The highest BCUT2D eigenvalue weighted by Gasteiger charge is 2.36. The van der Waals surface area contributed by atoms with E-state index in [1.165, 1.54) is 25.7 Å². The Balaban J connectivity index is 0. The highest BCUT2D eigenvalue weighted by Crippen LogP contribution is 2.20. The molecule has 1 aliphatic heterocycles. The number of aliphatic hydroxyl groups is 4. The van der Waals surface area contributed by atoms with Gasteiger partial charge in [0.25, 0.3) is 0 Å². The molecule has 1 fully saturated rings. The van der Waals surface area contributed by atoms with E-state index in [0.717, 1.165) is 0 Å². The molecule has 0 bridgehead atoms. The third kappa shape index (κ3) is 18.7. The summed E-state index contributed by atoms with van der Waals surface area (Å²) >= 11 is 0. The molecule has 2 unspecified atom stereocenters. The third-order valence-electron chi connectivity index (χ3n) is 4.38. The van der Waals surface area contributed by atoms with Crippen molar-refractivity contribution in [3.63, 3.8) is 0 Å². The zero-order valence-corrected chi connectivity index (χ0v) is 20.7. The van der Waals surface area contributed by atoms with Gasteiger partial charge in [0.1, 0.15) is 12.2 Å². The first kappa shape index (κ1) is 33.8. The lowest BCUT2D eigenvalue weighted by atomic mass is 10.0. The molecule has 198 valence electrons. The van der Waals surface area contributed by atoms with Crippen LogP contribution in [0.5, 0.6) is 0 Å². The normalized spacial score (nSPS) is 21.7. The molecule has 2 amide bonds. The lowest BCUT2D eigenvalue weighted by Crippen LogP contribution is -2.50. The third-order valence-corrected chi connectivity index (χ3v) is 4.38. The van der Waals surface area contributed by atoms with Crippen LogP contribution < -0.4 is 16.0 Å². The van der Waals surface area contributed by atoms with E-state index >= 15 is 0 Å². The van der Waals surface area contributed by atoms with Gasteiger partial charge in [-0.2, -0.15) is 0 Å². The van der Waals surface area contributed by atoms with E-state index in [9.17, 15) is 19.8 Å². The summed E-state index contributed by atoms with van der Waals surface area (Å²) < 4.78 is 10.5. The SMILES string of the molecule is CC.CCCCCC.O=C(CNCC(=O)NCCO[C@H]1OC(CO)[C@@H](O)CC1O)NCCO. The molecule has 1 heterocycles. The number of nitrogens with one attached hydrogen (secondary N) is 3. The Morgan fingerprint density at radius 1 is 0.939 bits per heavy atom. The van der Waals surface area contributed by atoms with Crippen LogP contribution in [-0.4, -0.2) is 103 Å². The zero-order valence-electron chi connectivity index (χ0n) is 20.7. The van der Waals surface area contributed by atoms with Crippen molar-refractivity contribution in [3.05, 3.63) is 0 Å². The van der Waals surface area contributed by atoms with E-state index in [4.69, 9.17) is 19.7 Å². The molecule has 0 aliphatic carbocycles. The van der Waals surface area contributed by atoms with Crippen molar-refractivity contribution in [1.29, 1.82) is 0 Å². The number of hydrogen-bond donors (Lipinski definition) is 7. The van der Waals surface area contributed by atoms with Crippen LogP contribution in [-0.2, 0) is 19.1 Å². The molecule has 0 spiro atoms. The molecule has 33 heavy (non-hydrogen) atoms. The van der Waals surface area contributed by atoms with Gasteiger partial charge in [-0.1, -0.05) is 53.4 Å². The summed E-state index contributed by atoms with van der Waals surface area (Å²) in [5, 5.41) is 44.5. The quantitative estimate of drug-likeness (QED) is 0.158. The van der Waals surface area contributed by atoms with Crippen LogP contribution in [0.15, 0.2) is 0 Å². The second-order valence-electron chi connectivity index (χ2n) is 7.20. The maximum atomic E-state index is 11.5. The second-order valence-corrected chi connectivity index (χ2v) is 7.20. The van der Waals surface area contributed by atoms with Crippen molar-refractivity contribution in [1.82, 2.24) is 16.0 Å². The summed E-state index contributed by atoms with van der Waals surface area (Å²) in [7, 11) is 0. The Morgan fingerprint density at radius 2 is 1.48 bits per heavy atom. The van der Waals surface area contributed by atoms with Gasteiger partial charge in [0.2, 0.25) is 11.8 Å². The first-order valence-corrected chi connectivity index (χ1v) is 12.0. The predicted octanol–water partition coefficient (Wildman–Crippen LogP) is -0.741. The minimum atomic E-state index is -1.02. The summed E-state index contributed by atoms with van der Waals surface area (Å²) in [6, 6.07) is 0. The summed E-state index contributed by atoms with van der Waals surface area (Å²) in [4.78, 5) is 22.8. The molecule has 0 radical (unpaired) electrons. The second kappa shape index (κ2) is 23.8. The lowest BCUT2D eigenvalue weighted by molar-refractivity contribution is -0.269. The molecule has 0 aromatic rings. The van der Waals surface area contributed by atoms with E-state index in [1.54, 1.807) is 0 Å². The highest BCUT2D eigenvalue weighted by molar-refractivity contribution is 5.81. The van der Waals surface area contributed by atoms with E-state index in [2.05, 4.69) is 29.8 Å². The van der Waals surface area contributed by atoms with Crippen LogP contribution in [0, 0.1) is 0 Å². The Morgan fingerprint density at radius 3 is 1.97 bits per heavy atom. The molecule has 7 N–H and O–H groups in total. The molecule has 0 aromatic heterocycles. The van der Waals surface area contributed by atoms with Gasteiger partial charge in [-0.15, -0.1) is 0 Å². The summed E-state index contributed by atoms with van der Waals surface area (Å²) in [5.41, 5.74) is 0. The number of aliphatic hydroxyl groups excluding tert-OH is 4. The molecular formula is C22H47N3O8. The fourth-order valence-electron chi connectivity index (χ4n) is 2.65. The fraction of sp³-hybridized carbons (Fsp3) is 0.909. The highest BCUT2D eigenvalue weighted by atomic mass is 16.7. The van der Waals surface area contributed by atoms with Gasteiger partial charge >= 0.3 is 0 Å². The lowest BCUT2D eigenvalue weighted by Gasteiger charge is -2.36. The molecule has 0 saturated carbocycles. The number of hydrogen-bond acceptors (Lipinski definition) is 9. The van der Waals surface area contributed by atoms with Gasteiger partial charge in [-0.25, -0.2) is 0 Å². The molecule has 4 atom stereocenters. The molecule has 1 aliphatic rings. The van der Waals surface area contributed by atoms with Crippen LogP contribution in [0.1, 0.15) is 59.8 Å². The first-order valence-electron chi connectivity index (χ1n) is 12.0. The zero-order chi connectivity index (χ0) is 25.5. The fourth-order valence-corrected chi connectivity index (χ4v) is 2.65. The van der Waals surface area contributed by atoms with Gasteiger partial charge in [0, 0.05) is 19.5 Å². The van der Waals surface area contributed by atoms with Crippen molar-refractivity contribution in [2.45, 2.75) is 84.4 Å². The van der Waals surface area contributed by atoms with E-state index in [-0.39, 0.29) is 64.2 Å². The number of rotatable bonds is 14. The Labute approximate surface area is 198 Å². The van der Waals surface area contributed by atoms with Crippen molar-refractivity contribution < 1.29 is 39.5 Å². The topological polar surface area (TPSA) is 170 Å². The monoisotopic (exact) mass is 481 g/mol. The van der Waals surface area contributed by atoms with Crippen LogP contribution in [0.2, 0.25) is 0 Å². The van der Waals surface area contributed by atoms with Crippen LogP contribution in [0.25, 0.3) is 0 Å². The van der Waals surface area contributed by atoms with Gasteiger partial charge in [-0.3, -0.25) is 14.9 Å². The Bertz CT molecular complexity index is 467. The molecule has 1 saturated heterocycles. The van der Waals surface area contributed by atoms with Gasteiger partial charge in [-0.05, 0) is 0 Å². The van der Waals surface area contributed by atoms with Crippen molar-refractivity contribution in [2.75, 3.05) is 46.0 Å². The number of carbonyl (C=O) groups is 2. The van der Waals surface area contributed by atoms with Gasteiger partial charge < -0.3 is 40.5 Å². The summed E-state index contributed by atoms with van der Waals surface area (Å²) in [6.45, 7) is 8.21. The number of carbonyl (C=O) groups excluding carboxylic acids is 2. The molecular weight excluding hydrogens is 434 g/mol. The van der Waals surface area contributed by atoms with Crippen LogP contribution in [0.4, 0.5) is 0 Å². The predicted molar refractivity (Wildman–Crippen MR) is 125 cm³/mol. The van der Waals surface area contributed by atoms with Crippen molar-refractivity contribution >= 4 is 11.8 Å². The largest absolute Gasteiger partial charge is 0.395 e. The Hall–Kier alpha value is -1.34. The van der Waals surface area contributed by atoms with E-state index in [1.807, 2.05) is 13.8 Å². The molecule has 1 rings (SSSR count). The maximum Gasteiger partial charge on any atom is 0.234 e. The number of amides is 2. The van der Waals surface area contributed by atoms with Crippen molar-refractivity contribution in [3.8, 4) is 0 Å². The molecule has 0 aromatic carbocycles. The molecule has 11 nitrogen and oxygen atoms in total. The standard InChI is InChI=1S/C14H27N3O8.C6H14.C2H6/c18-3-1-16-12(22)6-15-7-13(23)17-2-4-24-14-10(21)5-9(20)11(8-19)25-14;1-3-5-6-4-2;1-2/h9-11,14-15,18-21H,1-8H2,(H,16,22)(H,17,23);3-6H2,1-2H3;1-2H3/t9-,10?,11?,14-;;/m0../s1. The number of ether oxygens (including phenoxy) is 2. The minimum absolute atomic E-state index is 0.0323. The average molecular weight is 482 g/mol. The van der Waals surface area contributed by atoms with E-state index in [0.29, 0.717) is 0 Å². The number of unbranched alkanes of at least 4 members (excludes halogenated alkanes) is 3. The van der Waals surface area contributed by atoms with Gasteiger partial charge in [0.05, 0.1) is 39.0 Å². The minimum Gasteiger partial charge on any atom is -0.395 e. The maximum absolute atomic E-state index is 11.5. The Kier molecular flexibility index (Phi) is 24.4. The average Bonchev–Trinajstić information content (AvgIpc) is 2.82. The smallest absolute Gasteiger partial charge is 0.234 e. The van der Waals surface area contributed by atoms with Crippen LogP contribution >= 0.6 is 0 Å². The first-order chi connectivity index (χ1) is 15.9. The van der Waals surface area contributed by atoms with Crippen molar-refractivity contribution in [2.24, 2.45) is 0 Å². The summed E-state index contributed by atoms with van der Waals surface area (Å²) in [6.07, 6.45) is 1.79. The summed E-state index contributed by atoms with van der Waals surface area (Å²) in [5.74, 6) is -0.665.